The number of rotatable bonds is 12. The van der Waals surface area contributed by atoms with E-state index in [1.165, 1.54) is 23.0 Å². The van der Waals surface area contributed by atoms with Crippen molar-refractivity contribution in [2.24, 2.45) is 21.1 Å². The van der Waals surface area contributed by atoms with E-state index in [0.29, 0.717) is 12.2 Å². The van der Waals surface area contributed by atoms with Crippen LogP contribution < -0.4 is 21.3 Å². The van der Waals surface area contributed by atoms with Gasteiger partial charge in [-0.1, -0.05) is 0 Å². The average Bonchev–Trinajstić information content (AvgIpc) is 3.54. The fraction of sp³-hybridized carbons (Fsp3) is 0.417. The molecule has 0 saturated heterocycles. The molecule has 0 aliphatic carbocycles. The Morgan fingerprint density at radius 3 is 2.32 bits per heavy atom. The predicted octanol–water partition coefficient (Wildman–Crippen LogP) is 0.185. The third-order valence-corrected chi connectivity index (χ3v) is 5.58. The minimum Gasteiger partial charge on any atom is -0.356 e. The van der Waals surface area contributed by atoms with Crippen molar-refractivity contribution < 1.29 is 19.2 Å². The highest BCUT2D eigenvalue weighted by atomic mass is 16.2. The molecule has 0 fully saturated rings. The molecule has 0 bridgehead atoms. The second kappa shape index (κ2) is 12.7. The lowest BCUT2D eigenvalue weighted by molar-refractivity contribution is -0.120. The molecular formula is C24H34N10O4. The fourth-order valence-electron chi connectivity index (χ4n) is 3.63. The quantitative estimate of drug-likeness (QED) is 0.245. The Hall–Kier alpha value is -4.46. The molecule has 0 aromatic carbocycles. The molecule has 14 heteroatoms. The minimum absolute atomic E-state index is 0.0848. The van der Waals surface area contributed by atoms with E-state index in [1.807, 2.05) is 19.0 Å². The minimum atomic E-state index is -0.471. The van der Waals surface area contributed by atoms with Gasteiger partial charge in [-0.2, -0.15) is 0 Å². The number of hydrogen-bond acceptors (Lipinski definition) is 7. The van der Waals surface area contributed by atoms with Crippen LogP contribution in [0.3, 0.4) is 0 Å². The van der Waals surface area contributed by atoms with Gasteiger partial charge in [-0.25, -0.2) is 9.97 Å². The van der Waals surface area contributed by atoms with Gasteiger partial charge >= 0.3 is 0 Å². The summed E-state index contributed by atoms with van der Waals surface area (Å²) in [5.74, 6) is -0.984. The molecule has 0 radical (unpaired) electrons. The highest BCUT2D eigenvalue weighted by molar-refractivity contribution is 6.06. The summed E-state index contributed by atoms with van der Waals surface area (Å²) in [6.45, 7) is 1.61. The molecule has 0 spiro atoms. The largest absolute Gasteiger partial charge is 0.356 e. The van der Waals surface area contributed by atoms with E-state index in [9.17, 15) is 19.2 Å². The zero-order valence-electron chi connectivity index (χ0n) is 22.2. The Morgan fingerprint density at radius 1 is 0.868 bits per heavy atom. The summed E-state index contributed by atoms with van der Waals surface area (Å²) >= 11 is 0. The fourth-order valence-corrected chi connectivity index (χ4v) is 3.63. The summed E-state index contributed by atoms with van der Waals surface area (Å²) in [6.07, 6.45) is 7.28. The van der Waals surface area contributed by atoms with Crippen LogP contribution in [0.4, 0.5) is 11.5 Å². The zero-order chi connectivity index (χ0) is 27.8. The zero-order valence-corrected chi connectivity index (χ0v) is 22.2. The van der Waals surface area contributed by atoms with Crippen LogP contribution in [0.5, 0.6) is 0 Å². The molecule has 38 heavy (non-hydrogen) atoms. The number of hydrogen-bond donors (Lipinski definition) is 4. The number of carbonyl (C=O) groups is 4. The molecular weight excluding hydrogens is 492 g/mol. The van der Waals surface area contributed by atoms with Crippen molar-refractivity contribution in [2.45, 2.75) is 12.8 Å². The van der Waals surface area contributed by atoms with E-state index in [2.05, 4.69) is 31.2 Å². The molecule has 0 atom stereocenters. The van der Waals surface area contributed by atoms with Crippen molar-refractivity contribution in [3.63, 3.8) is 0 Å². The second-order valence-electron chi connectivity index (χ2n) is 9.07. The first-order chi connectivity index (χ1) is 18.0. The Balaban J connectivity index is 1.51. The standard InChI is InChI=1S/C24H34N10O4/c1-31(2)11-6-8-25-19(35)7-9-27-23(37)21-29-18(15-34(21)5)30-22(36)17-13-16(14-33(17)4)28-24(38)20-26-10-12-32(20)3/h10,12-15H,6-9,11H2,1-5H3,(H,25,35)(H,27,37)(H,28,38)(H,30,36). The van der Waals surface area contributed by atoms with Crippen LogP contribution in [0.15, 0.2) is 30.9 Å². The molecule has 0 unspecified atom stereocenters. The summed E-state index contributed by atoms with van der Waals surface area (Å²) < 4.78 is 4.63. The van der Waals surface area contributed by atoms with Crippen molar-refractivity contribution in [1.29, 1.82) is 0 Å². The molecule has 0 aliphatic heterocycles. The van der Waals surface area contributed by atoms with Crippen LogP contribution in [-0.4, -0.2) is 85.9 Å². The Bertz CT molecular complexity index is 1300. The molecule has 204 valence electrons. The molecule has 3 heterocycles. The summed E-state index contributed by atoms with van der Waals surface area (Å²) in [4.78, 5) is 59.9. The van der Waals surface area contributed by atoms with Crippen LogP contribution >= 0.6 is 0 Å². The van der Waals surface area contributed by atoms with Gasteiger partial charge in [0.15, 0.2) is 11.6 Å². The first-order valence-electron chi connectivity index (χ1n) is 12.0. The van der Waals surface area contributed by atoms with Crippen molar-refractivity contribution >= 4 is 35.1 Å². The van der Waals surface area contributed by atoms with E-state index in [1.54, 1.807) is 42.7 Å². The molecule has 4 amide bonds. The number of amides is 4. The topological polar surface area (TPSA) is 160 Å². The van der Waals surface area contributed by atoms with Gasteiger partial charge in [0.2, 0.25) is 11.7 Å². The van der Waals surface area contributed by atoms with Crippen LogP contribution in [0, 0.1) is 0 Å². The number of nitrogens with zero attached hydrogens (tertiary/aromatic N) is 6. The van der Waals surface area contributed by atoms with E-state index in [0.717, 1.165) is 13.0 Å². The van der Waals surface area contributed by atoms with Crippen LogP contribution in [-0.2, 0) is 25.9 Å². The van der Waals surface area contributed by atoms with Gasteiger partial charge in [-0.05, 0) is 33.1 Å². The monoisotopic (exact) mass is 526 g/mol. The van der Waals surface area contributed by atoms with Crippen LogP contribution in [0.1, 0.15) is 44.6 Å². The highest BCUT2D eigenvalue weighted by Crippen LogP contribution is 2.16. The van der Waals surface area contributed by atoms with E-state index in [-0.39, 0.29) is 42.0 Å². The van der Waals surface area contributed by atoms with E-state index >= 15 is 0 Å². The third-order valence-electron chi connectivity index (χ3n) is 5.58. The summed E-state index contributed by atoms with van der Waals surface area (Å²) in [7, 11) is 8.94. The lowest BCUT2D eigenvalue weighted by atomic mass is 10.3. The number of carbonyl (C=O) groups excluding carboxylic acids is 4. The normalized spacial score (nSPS) is 10.9. The van der Waals surface area contributed by atoms with Gasteiger partial charge in [-0.15, -0.1) is 0 Å². The third kappa shape index (κ3) is 7.52. The van der Waals surface area contributed by atoms with Gasteiger partial charge in [0.1, 0.15) is 5.69 Å². The van der Waals surface area contributed by atoms with Crippen molar-refractivity contribution in [2.75, 3.05) is 44.4 Å². The average molecular weight is 527 g/mol. The lowest BCUT2D eigenvalue weighted by Gasteiger charge is -2.10. The number of aromatic nitrogens is 5. The molecule has 3 aromatic heterocycles. The number of anilines is 2. The summed E-state index contributed by atoms with van der Waals surface area (Å²) in [5.41, 5.74) is 0.696. The van der Waals surface area contributed by atoms with Crippen molar-refractivity contribution in [3.8, 4) is 0 Å². The summed E-state index contributed by atoms with van der Waals surface area (Å²) in [5, 5.41) is 10.9. The van der Waals surface area contributed by atoms with Crippen molar-refractivity contribution in [1.82, 2.24) is 39.2 Å². The first-order valence-corrected chi connectivity index (χ1v) is 12.0. The van der Waals surface area contributed by atoms with Gasteiger partial charge < -0.3 is 39.9 Å². The molecule has 3 rings (SSSR count). The molecule has 3 aromatic rings. The molecule has 14 nitrogen and oxygen atoms in total. The lowest BCUT2D eigenvalue weighted by Crippen LogP contribution is -2.32. The van der Waals surface area contributed by atoms with Crippen LogP contribution in [0.25, 0.3) is 0 Å². The Kier molecular flexibility index (Phi) is 9.38. The second-order valence-corrected chi connectivity index (χ2v) is 9.07. The smallest absolute Gasteiger partial charge is 0.291 e. The Morgan fingerprint density at radius 2 is 1.63 bits per heavy atom. The maximum atomic E-state index is 12.8. The molecule has 0 saturated carbocycles. The maximum Gasteiger partial charge on any atom is 0.291 e. The number of aryl methyl sites for hydroxylation is 3. The summed E-state index contributed by atoms with van der Waals surface area (Å²) in [6, 6.07) is 1.53. The maximum absolute atomic E-state index is 12.8. The van der Waals surface area contributed by atoms with Gasteiger partial charge in [0.25, 0.3) is 17.7 Å². The number of nitrogens with one attached hydrogen (secondary N) is 4. The highest BCUT2D eigenvalue weighted by Gasteiger charge is 2.19. The SMILES string of the molecule is CN(C)CCCNC(=O)CCNC(=O)c1nc(NC(=O)c2cc(NC(=O)c3nccn3C)cn2C)cn1C. The first kappa shape index (κ1) is 28.1. The van der Waals surface area contributed by atoms with Gasteiger partial charge in [0.05, 0.1) is 5.69 Å². The molecule has 4 N–H and O–H groups in total. The van der Waals surface area contributed by atoms with Gasteiger partial charge in [0, 0.05) is 65.4 Å². The predicted molar refractivity (Wildman–Crippen MR) is 141 cm³/mol. The Labute approximate surface area is 220 Å². The number of imidazole rings is 2. The van der Waals surface area contributed by atoms with E-state index < -0.39 is 17.7 Å². The van der Waals surface area contributed by atoms with Crippen LogP contribution in [0.2, 0.25) is 0 Å². The van der Waals surface area contributed by atoms with E-state index in [4.69, 9.17) is 0 Å². The molecule has 0 aliphatic rings. The van der Waals surface area contributed by atoms with Crippen molar-refractivity contribution in [3.05, 3.63) is 48.2 Å². The van der Waals surface area contributed by atoms with Gasteiger partial charge in [-0.3, -0.25) is 19.2 Å².